The molecule has 2 aromatic carbocycles. The number of nitrogens with one attached hydrogen (secondary N) is 1. The summed E-state index contributed by atoms with van der Waals surface area (Å²) in [5.74, 6) is 0. The van der Waals surface area contributed by atoms with E-state index in [0.29, 0.717) is 5.02 Å². The number of aryl methyl sites for hydroxylation is 1. The molecule has 2 rings (SSSR count). The van der Waals surface area contributed by atoms with Crippen LogP contribution in [0.15, 0.2) is 40.9 Å². The third-order valence-corrected chi connectivity index (χ3v) is 4.36. The molecule has 0 aromatic heterocycles. The monoisotopic (exact) mass is 343 g/mol. The fourth-order valence-electron chi connectivity index (χ4n) is 1.69. The highest BCUT2D eigenvalue weighted by Gasteiger charge is 2.04. The second kappa shape index (κ2) is 5.96. The van der Waals surface area contributed by atoms with Gasteiger partial charge in [-0.15, -0.1) is 0 Å². The normalized spacial score (nSPS) is 10.4. The molecule has 0 aliphatic carbocycles. The van der Waals surface area contributed by atoms with E-state index in [-0.39, 0.29) is 0 Å². The maximum absolute atomic E-state index is 6.04. The number of anilines is 1. The molecule has 4 heteroatoms. The van der Waals surface area contributed by atoms with Crippen LogP contribution in [-0.2, 0) is 6.54 Å². The summed E-state index contributed by atoms with van der Waals surface area (Å²) in [7, 11) is 0. The molecule has 0 fully saturated rings. The van der Waals surface area contributed by atoms with Crippen LogP contribution in [0.25, 0.3) is 0 Å². The summed E-state index contributed by atoms with van der Waals surface area (Å²) in [5, 5.41) is 4.82. The van der Waals surface area contributed by atoms with Crippen molar-refractivity contribution in [2.45, 2.75) is 13.5 Å². The van der Waals surface area contributed by atoms with Gasteiger partial charge in [-0.1, -0.05) is 35.3 Å². The van der Waals surface area contributed by atoms with Gasteiger partial charge in [0.15, 0.2) is 0 Å². The molecule has 1 N–H and O–H groups in total. The first-order chi connectivity index (χ1) is 8.58. The van der Waals surface area contributed by atoms with Gasteiger partial charge in [0.2, 0.25) is 0 Å². The van der Waals surface area contributed by atoms with Crippen molar-refractivity contribution in [2.24, 2.45) is 0 Å². The Morgan fingerprint density at radius 2 is 1.94 bits per heavy atom. The molecule has 0 heterocycles. The molecule has 0 bridgehead atoms. The van der Waals surface area contributed by atoms with Gasteiger partial charge in [0.1, 0.15) is 0 Å². The third kappa shape index (κ3) is 3.19. The Kier molecular flexibility index (Phi) is 4.55. The Morgan fingerprint density at radius 1 is 1.17 bits per heavy atom. The van der Waals surface area contributed by atoms with Crippen LogP contribution in [0.4, 0.5) is 5.69 Å². The lowest BCUT2D eigenvalue weighted by Crippen LogP contribution is -2.01. The molecule has 2 aromatic rings. The summed E-state index contributed by atoms with van der Waals surface area (Å²) in [6.07, 6.45) is 0. The SMILES string of the molecule is Cc1cc(Cl)ccc1CNc1cccc(Cl)c1Br. The molecule has 1 nitrogen and oxygen atoms in total. The van der Waals surface area contributed by atoms with E-state index in [0.717, 1.165) is 21.7 Å². The van der Waals surface area contributed by atoms with Crippen LogP contribution in [0, 0.1) is 6.92 Å². The van der Waals surface area contributed by atoms with Gasteiger partial charge in [-0.05, 0) is 58.2 Å². The molecule has 0 amide bonds. The molecule has 0 saturated carbocycles. The van der Waals surface area contributed by atoms with Gasteiger partial charge < -0.3 is 5.32 Å². The topological polar surface area (TPSA) is 12.0 Å². The van der Waals surface area contributed by atoms with Crippen molar-refractivity contribution in [3.05, 3.63) is 62.0 Å². The number of halogens is 3. The van der Waals surface area contributed by atoms with E-state index in [1.807, 2.05) is 36.4 Å². The predicted octanol–water partition coefficient (Wildman–Crippen LogP) is 5.68. The molecule has 94 valence electrons. The second-order valence-corrected chi connectivity index (χ2v) is 5.66. The first-order valence-corrected chi connectivity index (χ1v) is 7.06. The van der Waals surface area contributed by atoms with Gasteiger partial charge in [-0.2, -0.15) is 0 Å². The highest BCUT2D eigenvalue weighted by Crippen LogP contribution is 2.30. The van der Waals surface area contributed by atoms with Crippen molar-refractivity contribution >= 4 is 44.8 Å². The van der Waals surface area contributed by atoms with Gasteiger partial charge in [-0.25, -0.2) is 0 Å². The number of rotatable bonds is 3. The van der Waals surface area contributed by atoms with E-state index in [2.05, 4.69) is 28.2 Å². The minimum absolute atomic E-state index is 0.702. The first kappa shape index (κ1) is 13.7. The van der Waals surface area contributed by atoms with E-state index >= 15 is 0 Å². The maximum Gasteiger partial charge on any atom is 0.0593 e. The van der Waals surface area contributed by atoms with Crippen molar-refractivity contribution in [3.8, 4) is 0 Å². The van der Waals surface area contributed by atoms with Crippen molar-refractivity contribution in [1.82, 2.24) is 0 Å². The lowest BCUT2D eigenvalue weighted by Gasteiger charge is -2.11. The summed E-state index contributed by atoms with van der Waals surface area (Å²) in [6, 6.07) is 11.7. The van der Waals surface area contributed by atoms with E-state index < -0.39 is 0 Å². The summed E-state index contributed by atoms with van der Waals surface area (Å²) in [4.78, 5) is 0. The van der Waals surface area contributed by atoms with Gasteiger partial charge >= 0.3 is 0 Å². The van der Waals surface area contributed by atoms with Gasteiger partial charge in [0.05, 0.1) is 15.2 Å². The molecule has 18 heavy (non-hydrogen) atoms. The first-order valence-electron chi connectivity index (χ1n) is 5.51. The van der Waals surface area contributed by atoms with Crippen LogP contribution in [-0.4, -0.2) is 0 Å². The highest BCUT2D eigenvalue weighted by atomic mass is 79.9. The smallest absolute Gasteiger partial charge is 0.0593 e. The van der Waals surface area contributed by atoms with Gasteiger partial charge in [0.25, 0.3) is 0 Å². The van der Waals surface area contributed by atoms with Crippen molar-refractivity contribution < 1.29 is 0 Å². The van der Waals surface area contributed by atoms with Crippen LogP contribution in [0.3, 0.4) is 0 Å². The zero-order valence-corrected chi connectivity index (χ0v) is 12.9. The molecule has 0 spiro atoms. The summed E-state index contributed by atoms with van der Waals surface area (Å²) in [6.45, 7) is 2.79. The van der Waals surface area contributed by atoms with Crippen LogP contribution >= 0.6 is 39.1 Å². The Morgan fingerprint density at radius 3 is 2.67 bits per heavy atom. The molecule has 0 aliphatic heterocycles. The average Bonchev–Trinajstić information content (AvgIpc) is 2.33. The van der Waals surface area contributed by atoms with Gasteiger partial charge in [-0.3, -0.25) is 0 Å². The lowest BCUT2D eigenvalue weighted by atomic mass is 10.1. The van der Waals surface area contributed by atoms with E-state index in [9.17, 15) is 0 Å². The van der Waals surface area contributed by atoms with Crippen molar-refractivity contribution in [1.29, 1.82) is 0 Å². The largest absolute Gasteiger partial charge is 0.380 e. The Balaban J connectivity index is 2.14. The lowest BCUT2D eigenvalue weighted by molar-refractivity contribution is 1.12. The molecule has 0 unspecified atom stereocenters. The van der Waals surface area contributed by atoms with E-state index in [4.69, 9.17) is 23.2 Å². The summed E-state index contributed by atoms with van der Waals surface area (Å²) in [5.41, 5.74) is 3.37. The average molecular weight is 345 g/mol. The molecular weight excluding hydrogens is 333 g/mol. The molecule has 0 atom stereocenters. The van der Waals surface area contributed by atoms with Crippen LogP contribution < -0.4 is 5.32 Å². The molecule has 0 radical (unpaired) electrons. The fourth-order valence-corrected chi connectivity index (χ4v) is 2.49. The number of hydrogen-bond donors (Lipinski definition) is 1. The van der Waals surface area contributed by atoms with E-state index in [1.165, 1.54) is 11.1 Å². The second-order valence-electron chi connectivity index (χ2n) is 4.03. The molecular formula is C14H12BrCl2N. The maximum atomic E-state index is 6.04. The quantitative estimate of drug-likeness (QED) is 0.755. The summed E-state index contributed by atoms with van der Waals surface area (Å²) < 4.78 is 0.887. The van der Waals surface area contributed by atoms with Crippen LogP contribution in [0.5, 0.6) is 0 Å². The summed E-state index contributed by atoms with van der Waals surface area (Å²) >= 11 is 15.4. The predicted molar refractivity (Wildman–Crippen MR) is 82.7 cm³/mol. The number of benzene rings is 2. The zero-order valence-electron chi connectivity index (χ0n) is 9.81. The Hall–Kier alpha value is -0.700. The van der Waals surface area contributed by atoms with Crippen molar-refractivity contribution in [3.63, 3.8) is 0 Å². The van der Waals surface area contributed by atoms with Crippen LogP contribution in [0.2, 0.25) is 10.0 Å². The van der Waals surface area contributed by atoms with Crippen molar-refractivity contribution in [2.75, 3.05) is 5.32 Å². The van der Waals surface area contributed by atoms with Gasteiger partial charge in [0, 0.05) is 11.6 Å². The third-order valence-electron chi connectivity index (χ3n) is 2.73. The van der Waals surface area contributed by atoms with E-state index in [1.54, 1.807) is 0 Å². The Labute approximate surface area is 125 Å². The standard InChI is InChI=1S/C14H12BrCl2N/c1-9-7-11(16)6-5-10(9)8-18-13-4-2-3-12(17)14(13)15/h2-7,18H,8H2,1H3. The fraction of sp³-hybridized carbons (Fsp3) is 0.143. The minimum Gasteiger partial charge on any atom is -0.380 e. The zero-order chi connectivity index (χ0) is 13.1. The minimum atomic E-state index is 0.702. The highest BCUT2D eigenvalue weighted by molar-refractivity contribution is 9.10. The van der Waals surface area contributed by atoms with Crippen LogP contribution in [0.1, 0.15) is 11.1 Å². The Bertz CT molecular complexity index is 570. The number of hydrogen-bond acceptors (Lipinski definition) is 1. The molecule has 0 saturated heterocycles. The molecule has 0 aliphatic rings.